The first-order valence-electron chi connectivity index (χ1n) is 9.01. The van der Waals surface area contributed by atoms with Gasteiger partial charge in [-0.25, -0.2) is 0 Å². The Hall–Kier alpha value is -2.63. The molecule has 27 heavy (non-hydrogen) atoms. The topological polar surface area (TPSA) is 74.0 Å². The van der Waals surface area contributed by atoms with E-state index >= 15 is 0 Å². The van der Waals surface area contributed by atoms with E-state index in [2.05, 4.69) is 27.8 Å². The standard InChI is InChI=1S/C21H20ClN3O2/c22-18-11-16-14(6-9-24-20(16)26)10-19(18)25-21(27)17-12-23-8-7-15(17)13-4-2-1-3-5-13/h1-6,9-11,15,17,23H,7-8,12H2,(H,24,26)(H,25,27)/t15-,17+/m1/s1. The molecule has 1 fully saturated rings. The zero-order valence-electron chi connectivity index (χ0n) is 14.7. The second-order valence-electron chi connectivity index (χ2n) is 6.83. The number of aromatic nitrogens is 1. The van der Waals surface area contributed by atoms with Crippen LogP contribution >= 0.6 is 11.6 Å². The minimum absolute atomic E-state index is 0.0675. The molecule has 6 heteroatoms. The number of halogens is 1. The van der Waals surface area contributed by atoms with Crippen molar-refractivity contribution in [3.8, 4) is 0 Å². The van der Waals surface area contributed by atoms with Crippen molar-refractivity contribution in [1.29, 1.82) is 0 Å². The third kappa shape index (κ3) is 3.61. The SMILES string of the molecule is O=C(Nc1cc2cc[nH]c(=O)c2cc1Cl)[C@H]1CNCC[C@@H]1c1ccccc1. The number of fused-ring (bicyclic) bond motifs is 1. The van der Waals surface area contributed by atoms with Crippen LogP contribution in [0.25, 0.3) is 10.8 Å². The lowest BCUT2D eigenvalue weighted by molar-refractivity contribution is -0.120. The third-order valence-electron chi connectivity index (χ3n) is 5.17. The van der Waals surface area contributed by atoms with E-state index in [1.165, 1.54) is 5.56 Å². The summed E-state index contributed by atoms with van der Waals surface area (Å²) in [5.41, 5.74) is 1.50. The Kier molecular flexibility index (Phi) is 4.97. The van der Waals surface area contributed by atoms with Gasteiger partial charge in [-0.3, -0.25) is 9.59 Å². The van der Waals surface area contributed by atoms with Gasteiger partial charge in [0.25, 0.3) is 5.56 Å². The lowest BCUT2D eigenvalue weighted by atomic mass is 9.80. The summed E-state index contributed by atoms with van der Waals surface area (Å²) < 4.78 is 0. The molecule has 5 nitrogen and oxygen atoms in total. The lowest BCUT2D eigenvalue weighted by Crippen LogP contribution is -2.42. The molecule has 1 amide bonds. The van der Waals surface area contributed by atoms with Crippen molar-refractivity contribution in [2.45, 2.75) is 12.3 Å². The van der Waals surface area contributed by atoms with Crippen molar-refractivity contribution in [2.24, 2.45) is 5.92 Å². The zero-order chi connectivity index (χ0) is 18.8. The maximum absolute atomic E-state index is 13.0. The van der Waals surface area contributed by atoms with E-state index in [0.717, 1.165) is 18.4 Å². The van der Waals surface area contributed by atoms with Gasteiger partial charge in [-0.15, -0.1) is 0 Å². The summed E-state index contributed by atoms with van der Waals surface area (Å²) in [6.45, 7) is 1.51. The maximum atomic E-state index is 13.0. The fraction of sp³-hybridized carbons (Fsp3) is 0.238. The molecule has 0 aliphatic carbocycles. The Balaban J connectivity index is 1.62. The van der Waals surface area contributed by atoms with Crippen molar-refractivity contribution in [2.75, 3.05) is 18.4 Å². The van der Waals surface area contributed by atoms with Crippen molar-refractivity contribution < 1.29 is 4.79 Å². The molecule has 1 aromatic heterocycles. The minimum atomic E-state index is -0.201. The van der Waals surface area contributed by atoms with Crippen LogP contribution in [0.2, 0.25) is 5.02 Å². The molecule has 138 valence electrons. The van der Waals surface area contributed by atoms with Crippen LogP contribution in [0.3, 0.4) is 0 Å². The van der Waals surface area contributed by atoms with Crippen molar-refractivity contribution >= 4 is 34.0 Å². The van der Waals surface area contributed by atoms with E-state index in [-0.39, 0.29) is 23.3 Å². The number of anilines is 1. The molecular formula is C21H20ClN3O2. The number of nitrogens with one attached hydrogen (secondary N) is 3. The number of hydrogen-bond acceptors (Lipinski definition) is 3. The molecule has 4 rings (SSSR count). The van der Waals surface area contributed by atoms with E-state index in [9.17, 15) is 9.59 Å². The normalized spacial score (nSPS) is 19.7. The van der Waals surface area contributed by atoms with Crippen LogP contribution in [0.15, 0.2) is 59.5 Å². The summed E-state index contributed by atoms with van der Waals surface area (Å²) in [6.07, 6.45) is 2.49. The number of H-pyrrole nitrogens is 1. The van der Waals surface area contributed by atoms with Gasteiger partial charge in [0.2, 0.25) is 5.91 Å². The fourth-order valence-corrected chi connectivity index (χ4v) is 3.97. The van der Waals surface area contributed by atoms with Crippen LogP contribution in [0.4, 0.5) is 5.69 Å². The second kappa shape index (κ2) is 7.55. The van der Waals surface area contributed by atoms with Gasteiger partial charge in [0.1, 0.15) is 0 Å². The van der Waals surface area contributed by atoms with E-state index < -0.39 is 0 Å². The summed E-state index contributed by atoms with van der Waals surface area (Å²) >= 11 is 6.33. The molecule has 0 bridgehead atoms. The average molecular weight is 382 g/mol. The number of benzene rings is 2. The Morgan fingerprint density at radius 2 is 1.96 bits per heavy atom. The first-order valence-corrected chi connectivity index (χ1v) is 9.39. The number of carbonyl (C=O) groups is 1. The first-order chi connectivity index (χ1) is 13.1. The summed E-state index contributed by atoms with van der Waals surface area (Å²) in [5.74, 6) is -0.0937. The molecule has 3 aromatic rings. The van der Waals surface area contributed by atoms with Gasteiger partial charge >= 0.3 is 0 Å². The highest BCUT2D eigenvalue weighted by Gasteiger charge is 2.32. The van der Waals surface area contributed by atoms with Crippen molar-refractivity contribution in [3.63, 3.8) is 0 Å². The summed E-state index contributed by atoms with van der Waals surface area (Å²) in [6, 6.07) is 15.3. The van der Waals surface area contributed by atoms with Gasteiger partial charge in [-0.1, -0.05) is 41.9 Å². The first kappa shape index (κ1) is 17.8. The lowest BCUT2D eigenvalue weighted by Gasteiger charge is -2.31. The van der Waals surface area contributed by atoms with Crippen molar-refractivity contribution in [1.82, 2.24) is 10.3 Å². The summed E-state index contributed by atoms with van der Waals surface area (Å²) in [5, 5.41) is 7.87. The van der Waals surface area contributed by atoms with Gasteiger partial charge < -0.3 is 15.6 Å². The molecule has 1 aliphatic heterocycles. The van der Waals surface area contributed by atoms with Crippen LogP contribution in [0.5, 0.6) is 0 Å². The second-order valence-corrected chi connectivity index (χ2v) is 7.24. The number of aromatic amines is 1. The minimum Gasteiger partial charge on any atom is -0.329 e. The highest BCUT2D eigenvalue weighted by Crippen LogP contribution is 2.32. The molecule has 0 spiro atoms. The van der Waals surface area contributed by atoms with Gasteiger partial charge in [-0.2, -0.15) is 0 Å². The predicted molar refractivity (Wildman–Crippen MR) is 108 cm³/mol. The summed E-state index contributed by atoms with van der Waals surface area (Å²) in [4.78, 5) is 27.6. The molecule has 1 aliphatic rings. The van der Waals surface area contributed by atoms with Crippen LogP contribution in [0.1, 0.15) is 17.9 Å². The molecule has 2 aromatic carbocycles. The molecule has 2 atom stereocenters. The molecule has 1 saturated heterocycles. The van der Waals surface area contributed by atoms with Crippen LogP contribution in [0, 0.1) is 5.92 Å². The highest BCUT2D eigenvalue weighted by molar-refractivity contribution is 6.34. The van der Waals surface area contributed by atoms with Gasteiger partial charge in [0.05, 0.1) is 16.6 Å². The molecule has 0 saturated carbocycles. The fourth-order valence-electron chi connectivity index (χ4n) is 3.76. The number of hydrogen-bond donors (Lipinski definition) is 3. The van der Waals surface area contributed by atoms with Gasteiger partial charge in [0.15, 0.2) is 0 Å². The summed E-state index contributed by atoms with van der Waals surface area (Å²) in [7, 11) is 0. The Bertz CT molecular complexity index is 1030. The Morgan fingerprint density at radius 1 is 1.15 bits per heavy atom. The Labute approximate surface area is 161 Å². The monoisotopic (exact) mass is 381 g/mol. The third-order valence-corrected chi connectivity index (χ3v) is 5.48. The van der Waals surface area contributed by atoms with Crippen LogP contribution < -0.4 is 16.2 Å². The predicted octanol–water partition coefficient (Wildman–Crippen LogP) is 3.51. The molecule has 2 heterocycles. The number of amides is 1. The van der Waals surface area contributed by atoms with Gasteiger partial charge in [0, 0.05) is 18.1 Å². The quantitative estimate of drug-likeness (QED) is 0.650. The zero-order valence-corrected chi connectivity index (χ0v) is 15.4. The smallest absolute Gasteiger partial charge is 0.255 e. The molecule has 3 N–H and O–H groups in total. The van der Waals surface area contributed by atoms with E-state index in [1.54, 1.807) is 24.4 Å². The van der Waals surface area contributed by atoms with Crippen LogP contribution in [-0.2, 0) is 4.79 Å². The number of rotatable bonds is 3. The largest absolute Gasteiger partial charge is 0.329 e. The highest BCUT2D eigenvalue weighted by atomic mass is 35.5. The molecule has 0 unspecified atom stereocenters. The van der Waals surface area contributed by atoms with Crippen molar-refractivity contribution in [3.05, 3.63) is 75.7 Å². The van der Waals surface area contributed by atoms with E-state index in [0.29, 0.717) is 22.6 Å². The number of pyridine rings is 1. The van der Waals surface area contributed by atoms with E-state index in [1.807, 2.05) is 18.2 Å². The molecular weight excluding hydrogens is 362 g/mol. The maximum Gasteiger partial charge on any atom is 0.255 e. The van der Waals surface area contributed by atoms with Gasteiger partial charge in [-0.05, 0) is 48.0 Å². The van der Waals surface area contributed by atoms with E-state index in [4.69, 9.17) is 11.6 Å². The van der Waals surface area contributed by atoms with Crippen LogP contribution in [-0.4, -0.2) is 24.0 Å². The number of piperidine rings is 1. The Morgan fingerprint density at radius 3 is 2.78 bits per heavy atom. The molecule has 0 radical (unpaired) electrons. The average Bonchev–Trinajstić information content (AvgIpc) is 2.70. The number of carbonyl (C=O) groups excluding carboxylic acids is 1.